The highest BCUT2D eigenvalue weighted by atomic mass is 32.2. The van der Waals surface area contributed by atoms with E-state index < -0.39 is 19.7 Å². The first-order valence-corrected chi connectivity index (χ1v) is 7.64. The summed E-state index contributed by atoms with van der Waals surface area (Å²) in [5, 5.41) is 20.7. The van der Waals surface area contributed by atoms with E-state index in [2.05, 4.69) is 0 Å². The molecular formula is C11H14N2O6S. The molecule has 20 heavy (non-hydrogen) atoms. The molecule has 0 aromatic heterocycles. The van der Waals surface area contributed by atoms with Crippen LogP contribution in [0.25, 0.3) is 0 Å². The van der Waals surface area contributed by atoms with E-state index in [1.807, 2.05) is 0 Å². The zero-order valence-electron chi connectivity index (χ0n) is 10.8. The van der Waals surface area contributed by atoms with Gasteiger partial charge < -0.3 is 0 Å². The molecule has 1 aromatic rings. The third-order valence-electron chi connectivity index (χ3n) is 2.62. The summed E-state index contributed by atoms with van der Waals surface area (Å²) in [6, 6.07) is 4.31. The van der Waals surface area contributed by atoms with Crippen molar-refractivity contribution in [1.29, 1.82) is 0 Å². The minimum atomic E-state index is -3.46. The summed E-state index contributed by atoms with van der Waals surface area (Å²) in [5.41, 5.74) is 0.978. The molecular weight excluding hydrogens is 288 g/mol. The van der Waals surface area contributed by atoms with Gasteiger partial charge in [0, 0.05) is 28.9 Å². The van der Waals surface area contributed by atoms with Gasteiger partial charge in [-0.1, -0.05) is 6.07 Å². The molecule has 0 N–H and O–H groups in total. The quantitative estimate of drug-likeness (QED) is 0.540. The Kier molecular flexibility index (Phi) is 5.14. The van der Waals surface area contributed by atoms with Gasteiger partial charge in [0.15, 0.2) is 9.84 Å². The van der Waals surface area contributed by atoms with E-state index in [1.165, 1.54) is 12.1 Å². The number of hydrogen-bond donors (Lipinski definition) is 0. The van der Waals surface area contributed by atoms with Gasteiger partial charge in [0.05, 0.1) is 4.90 Å². The summed E-state index contributed by atoms with van der Waals surface area (Å²) >= 11 is 0. The van der Waals surface area contributed by atoms with Crippen molar-refractivity contribution in [1.82, 2.24) is 0 Å². The Morgan fingerprint density at radius 2 is 1.35 bits per heavy atom. The van der Waals surface area contributed by atoms with Gasteiger partial charge in [-0.2, -0.15) is 0 Å². The Bertz CT molecular complexity index is 590. The monoisotopic (exact) mass is 302 g/mol. The highest BCUT2D eigenvalue weighted by Crippen LogP contribution is 2.16. The molecule has 0 bridgehead atoms. The highest BCUT2D eigenvalue weighted by molar-refractivity contribution is 7.90. The van der Waals surface area contributed by atoms with Gasteiger partial charge >= 0.3 is 0 Å². The normalized spacial score (nSPS) is 11.2. The maximum atomic E-state index is 11.5. The van der Waals surface area contributed by atoms with E-state index >= 15 is 0 Å². The second-order valence-corrected chi connectivity index (χ2v) is 6.39. The summed E-state index contributed by atoms with van der Waals surface area (Å²) in [4.78, 5) is 19.7. The van der Waals surface area contributed by atoms with Crippen molar-refractivity contribution in [3.63, 3.8) is 0 Å². The molecule has 8 nitrogen and oxygen atoms in total. The van der Waals surface area contributed by atoms with E-state index in [9.17, 15) is 28.6 Å². The Hall–Kier alpha value is -2.03. The summed E-state index contributed by atoms with van der Waals surface area (Å²) < 4.78 is 23.1. The van der Waals surface area contributed by atoms with E-state index in [4.69, 9.17) is 0 Å². The topological polar surface area (TPSA) is 120 Å². The van der Waals surface area contributed by atoms with Crippen LogP contribution in [0.3, 0.4) is 0 Å². The molecule has 9 heteroatoms. The molecule has 1 rings (SSSR count). The molecule has 0 fully saturated rings. The van der Waals surface area contributed by atoms with E-state index in [0.29, 0.717) is 11.1 Å². The fourth-order valence-corrected chi connectivity index (χ4v) is 2.40. The van der Waals surface area contributed by atoms with Crippen molar-refractivity contribution in [3.8, 4) is 0 Å². The van der Waals surface area contributed by atoms with E-state index in [-0.39, 0.29) is 30.8 Å². The third kappa shape index (κ3) is 5.31. The van der Waals surface area contributed by atoms with Crippen LogP contribution in [-0.2, 0) is 22.7 Å². The number of sulfone groups is 1. The Labute approximate surface area is 115 Å². The van der Waals surface area contributed by atoms with Crippen molar-refractivity contribution in [2.24, 2.45) is 0 Å². The van der Waals surface area contributed by atoms with Crippen molar-refractivity contribution in [2.75, 3.05) is 19.3 Å². The van der Waals surface area contributed by atoms with Crippen LogP contribution in [0.4, 0.5) is 0 Å². The van der Waals surface area contributed by atoms with Crippen molar-refractivity contribution >= 4 is 9.84 Å². The zero-order valence-corrected chi connectivity index (χ0v) is 11.6. The fourth-order valence-electron chi connectivity index (χ4n) is 1.67. The lowest BCUT2D eigenvalue weighted by Gasteiger charge is -2.06. The van der Waals surface area contributed by atoms with Gasteiger partial charge in [0.1, 0.15) is 0 Å². The van der Waals surface area contributed by atoms with Gasteiger partial charge in [-0.3, -0.25) is 20.2 Å². The Morgan fingerprint density at radius 3 is 1.65 bits per heavy atom. The molecule has 0 aliphatic rings. The average molecular weight is 302 g/mol. The molecule has 0 saturated carbocycles. The molecule has 0 amide bonds. The Balaban J connectivity index is 3.07. The van der Waals surface area contributed by atoms with Crippen LogP contribution in [-0.4, -0.2) is 37.6 Å². The SMILES string of the molecule is CS(=O)(=O)c1cc(CC[N+](=O)[O-])cc(CC[N+](=O)[O-])c1. The predicted octanol–water partition coefficient (Wildman–Crippen LogP) is 0.729. The minimum absolute atomic E-state index is 0.0247. The minimum Gasteiger partial charge on any atom is -0.265 e. The maximum Gasteiger partial charge on any atom is 0.207 e. The molecule has 0 aliphatic carbocycles. The highest BCUT2D eigenvalue weighted by Gasteiger charge is 2.12. The predicted molar refractivity (Wildman–Crippen MR) is 70.7 cm³/mol. The van der Waals surface area contributed by atoms with E-state index in [1.54, 1.807) is 6.07 Å². The smallest absolute Gasteiger partial charge is 0.207 e. The summed E-state index contributed by atoms with van der Waals surface area (Å²) in [6.45, 7) is -0.635. The number of nitro groups is 2. The van der Waals surface area contributed by atoms with Crippen LogP contribution in [0.2, 0.25) is 0 Å². The van der Waals surface area contributed by atoms with E-state index in [0.717, 1.165) is 6.26 Å². The summed E-state index contributed by atoms with van der Waals surface area (Å²) in [5.74, 6) is 0. The van der Waals surface area contributed by atoms with Crippen molar-refractivity contribution < 1.29 is 18.3 Å². The molecule has 0 unspecified atom stereocenters. The van der Waals surface area contributed by atoms with Crippen LogP contribution in [0.15, 0.2) is 23.1 Å². The second-order valence-electron chi connectivity index (χ2n) is 4.37. The molecule has 0 spiro atoms. The first-order valence-electron chi connectivity index (χ1n) is 5.75. The lowest BCUT2D eigenvalue weighted by molar-refractivity contribution is -0.479. The molecule has 0 aliphatic heterocycles. The van der Waals surface area contributed by atoms with Gasteiger partial charge in [0.25, 0.3) is 0 Å². The van der Waals surface area contributed by atoms with Crippen LogP contribution in [0.1, 0.15) is 11.1 Å². The summed E-state index contributed by atoms with van der Waals surface area (Å²) in [7, 11) is -3.46. The molecule has 110 valence electrons. The molecule has 0 radical (unpaired) electrons. The lowest BCUT2D eigenvalue weighted by atomic mass is 10.1. The molecule has 0 atom stereocenters. The number of rotatable bonds is 7. The first kappa shape index (κ1) is 16.0. The van der Waals surface area contributed by atoms with Crippen LogP contribution < -0.4 is 0 Å². The lowest BCUT2D eigenvalue weighted by Crippen LogP contribution is -2.08. The zero-order chi connectivity index (χ0) is 15.3. The average Bonchev–Trinajstić information content (AvgIpc) is 2.32. The number of nitrogens with zero attached hydrogens (tertiary/aromatic N) is 2. The largest absolute Gasteiger partial charge is 0.265 e. The third-order valence-corrected chi connectivity index (χ3v) is 3.71. The van der Waals surface area contributed by atoms with Crippen LogP contribution in [0.5, 0.6) is 0 Å². The fraction of sp³-hybridized carbons (Fsp3) is 0.455. The van der Waals surface area contributed by atoms with Gasteiger partial charge in [-0.25, -0.2) is 8.42 Å². The Morgan fingerprint density at radius 1 is 0.950 bits per heavy atom. The van der Waals surface area contributed by atoms with Gasteiger partial charge in [-0.05, 0) is 23.3 Å². The number of benzene rings is 1. The van der Waals surface area contributed by atoms with Crippen molar-refractivity contribution in [2.45, 2.75) is 17.7 Å². The standard InChI is InChI=1S/C11H14N2O6S/c1-20(18,19)11-7-9(2-4-12(14)15)6-10(8-11)3-5-13(16)17/h6-8H,2-5H2,1H3. The first-order chi connectivity index (χ1) is 9.18. The number of hydrogen-bond acceptors (Lipinski definition) is 6. The van der Waals surface area contributed by atoms with Crippen molar-refractivity contribution in [3.05, 3.63) is 49.6 Å². The summed E-state index contributed by atoms with van der Waals surface area (Å²) in [6.07, 6.45) is 1.19. The van der Waals surface area contributed by atoms with Gasteiger partial charge in [0.2, 0.25) is 13.1 Å². The molecule has 0 heterocycles. The molecule has 1 aromatic carbocycles. The van der Waals surface area contributed by atoms with Crippen LogP contribution >= 0.6 is 0 Å². The van der Waals surface area contributed by atoms with Crippen LogP contribution in [0, 0.1) is 20.2 Å². The molecule has 0 saturated heterocycles. The second kappa shape index (κ2) is 6.42. The van der Waals surface area contributed by atoms with Gasteiger partial charge in [-0.15, -0.1) is 0 Å². The maximum absolute atomic E-state index is 11.5.